The zero-order valence-electron chi connectivity index (χ0n) is 20.0. The van der Waals surface area contributed by atoms with Crippen LogP contribution in [0, 0.1) is 0 Å². The van der Waals surface area contributed by atoms with Crippen LogP contribution in [0.5, 0.6) is 0 Å². The van der Waals surface area contributed by atoms with Crippen LogP contribution >= 0.6 is 11.8 Å². The van der Waals surface area contributed by atoms with Gasteiger partial charge < -0.3 is 14.4 Å². The van der Waals surface area contributed by atoms with Crippen LogP contribution in [0.3, 0.4) is 0 Å². The van der Waals surface area contributed by atoms with Crippen molar-refractivity contribution in [2.24, 2.45) is 0 Å². The van der Waals surface area contributed by atoms with Crippen LogP contribution in [-0.4, -0.2) is 78.1 Å². The lowest BCUT2D eigenvalue weighted by Crippen LogP contribution is -2.41. The molecule has 2 aromatic carbocycles. The molecule has 182 valence electrons. The maximum Gasteiger partial charge on any atom is 0.274 e. The van der Waals surface area contributed by atoms with Crippen LogP contribution in [0.2, 0.25) is 0 Å². The number of carbonyl (C=O) groups is 1. The predicted octanol–water partition coefficient (Wildman–Crippen LogP) is 3.84. The van der Waals surface area contributed by atoms with Crippen molar-refractivity contribution >= 4 is 17.7 Å². The molecule has 7 nitrogen and oxygen atoms in total. The molecule has 4 heterocycles. The van der Waals surface area contributed by atoms with Gasteiger partial charge in [-0.15, -0.1) is 11.8 Å². The zero-order valence-corrected chi connectivity index (χ0v) is 20.8. The first-order valence-corrected chi connectivity index (χ1v) is 13.3. The highest BCUT2D eigenvalue weighted by Crippen LogP contribution is 2.43. The highest BCUT2D eigenvalue weighted by molar-refractivity contribution is 7.98. The highest BCUT2D eigenvalue weighted by atomic mass is 32.2. The second-order valence-corrected chi connectivity index (χ2v) is 10.3. The minimum atomic E-state index is 0.00195. The molecule has 0 bridgehead atoms. The summed E-state index contributed by atoms with van der Waals surface area (Å²) in [4.78, 5) is 19.1. The fraction of sp³-hybridized carbons (Fsp3) is 0.407. The molecule has 1 atom stereocenters. The average Bonchev–Trinajstić information content (AvgIpc) is 3.54. The van der Waals surface area contributed by atoms with Gasteiger partial charge in [0.1, 0.15) is 0 Å². The van der Waals surface area contributed by atoms with Gasteiger partial charge in [-0.1, -0.05) is 30.3 Å². The summed E-state index contributed by atoms with van der Waals surface area (Å²) in [7, 11) is 1.79. The van der Waals surface area contributed by atoms with Crippen LogP contribution in [-0.2, 0) is 21.8 Å². The van der Waals surface area contributed by atoms with E-state index in [0.717, 1.165) is 54.3 Å². The second-order valence-electron chi connectivity index (χ2n) is 9.33. The van der Waals surface area contributed by atoms with Crippen LogP contribution in [0.4, 0.5) is 0 Å². The largest absolute Gasteiger partial charge is 0.380 e. The molecule has 6 rings (SSSR count). The van der Waals surface area contributed by atoms with Gasteiger partial charge in [0.15, 0.2) is 5.69 Å². The Bertz CT molecular complexity index is 1240. The molecular formula is C27H30N4O3S. The predicted molar refractivity (Wildman–Crippen MR) is 136 cm³/mol. The molecular weight excluding hydrogens is 460 g/mol. The number of likely N-dealkylation sites (tertiary alicyclic amines) is 1. The van der Waals surface area contributed by atoms with Crippen molar-refractivity contribution in [3.8, 4) is 16.9 Å². The fourth-order valence-corrected chi connectivity index (χ4v) is 6.32. The van der Waals surface area contributed by atoms with E-state index in [2.05, 4.69) is 53.4 Å². The minimum absolute atomic E-state index is 0.00195. The van der Waals surface area contributed by atoms with Gasteiger partial charge in [-0.2, -0.15) is 5.10 Å². The summed E-state index contributed by atoms with van der Waals surface area (Å²) in [5, 5.41) is 4.97. The Morgan fingerprint density at radius 2 is 2.00 bits per heavy atom. The standard InChI is InChI=1S/C27H30N4O3S/c1-33-21-9-10-29(17-21)16-19-5-4-6-20(15-19)31-26-22-7-2-3-8-24(22)35-18-23(26)25(28-31)27(32)30-11-13-34-14-12-30/h2-8,15,21H,9-14,16-18H2,1H3. The lowest BCUT2D eigenvalue weighted by molar-refractivity contribution is 0.0298. The minimum Gasteiger partial charge on any atom is -0.380 e. The molecule has 2 saturated heterocycles. The number of nitrogens with zero attached hydrogens (tertiary/aromatic N) is 4. The van der Waals surface area contributed by atoms with Gasteiger partial charge >= 0.3 is 0 Å². The van der Waals surface area contributed by atoms with E-state index in [1.165, 1.54) is 10.5 Å². The molecule has 3 aliphatic rings. The maximum absolute atomic E-state index is 13.6. The van der Waals surface area contributed by atoms with Crippen molar-refractivity contribution < 1.29 is 14.3 Å². The van der Waals surface area contributed by atoms with Gasteiger partial charge in [0.05, 0.1) is 30.7 Å². The Morgan fingerprint density at radius 1 is 1.14 bits per heavy atom. The Labute approximate surface area is 210 Å². The van der Waals surface area contributed by atoms with Gasteiger partial charge in [-0.3, -0.25) is 9.69 Å². The number of hydrogen-bond acceptors (Lipinski definition) is 6. The Kier molecular flexibility index (Phi) is 6.37. The third-order valence-electron chi connectivity index (χ3n) is 7.12. The fourth-order valence-electron chi connectivity index (χ4n) is 5.25. The molecule has 1 aromatic heterocycles. The normalized spacial score (nSPS) is 20.0. The number of thioether (sulfide) groups is 1. The number of hydrogen-bond donors (Lipinski definition) is 0. The summed E-state index contributed by atoms with van der Waals surface area (Å²) in [6, 6.07) is 17.0. The lowest BCUT2D eigenvalue weighted by atomic mass is 10.0. The van der Waals surface area contributed by atoms with Crippen molar-refractivity contribution in [1.82, 2.24) is 19.6 Å². The van der Waals surface area contributed by atoms with Crippen LogP contribution in [0.1, 0.15) is 28.0 Å². The number of methoxy groups -OCH3 is 1. The van der Waals surface area contributed by atoms with Crippen molar-refractivity contribution in [3.05, 3.63) is 65.4 Å². The van der Waals surface area contributed by atoms with Crippen molar-refractivity contribution in [2.75, 3.05) is 46.5 Å². The van der Waals surface area contributed by atoms with Gasteiger partial charge in [-0.25, -0.2) is 4.68 Å². The number of morpholine rings is 1. The van der Waals surface area contributed by atoms with Crippen LogP contribution in [0.25, 0.3) is 16.9 Å². The monoisotopic (exact) mass is 490 g/mol. The Balaban J connectivity index is 1.39. The van der Waals surface area contributed by atoms with E-state index in [4.69, 9.17) is 14.6 Å². The summed E-state index contributed by atoms with van der Waals surface area (Å²) in [5.74, 6) is 0.742. The molecule has 1 amide bonds. The van der Waals surface area contributed by atoms with Crippen LogP contribution < -0.4 is 0 Å². The van der Waals surface area contributed by atoms with Gasteiger partial charge in [-0.05, 0) is 30.2 Å². The van der Waals surface area contributed by atoms with E-state index in [1.807, 2.05) is 9.58 Å². The summed E-state index contributed by atoms with van der Waals surface area (Å²) in [6.07, 6.45) is 1.39. The van der Waals surface area contributed by atoms with E-state index in [-0.39, 0.29) is 5.91 Å². The van der Waals surface area contributed by atoms with E-state index < -0.39 is 0 Å². The van der Waals surface area contributed by atoms with Gasteiger partial charge in [0.25, 0.3) is 5.91 Å². The Hall–Kier alpha value is -2.65. The van der Waals surface area contributed by atoms with Crippen molar-refractivity contribution in [1.29, 1.82) is 0 Å². The number of benzene rings is 2. The van der Waals surface area contributed by atoms with Gasteiger partial charge in [0, 0.05) is 61.6 Å². The van der Waals surface area contributed by atoms with E-state index >= 15 is 0 Å². The van der Waals surface area contributed by atoms with Crippen LogP contribution in [0.15, 0.2) is 53.4 Å². The zero-order chi connectivity index (χ0) is 23.8. The average molecular weight is 491 g/mol. The third-order valence-corrected chi connectivity index (χ3v) is 8.22. The summed E-state index contributed by atoms with van der Waals surface area (Å²) >= 11 is 1.78. The number of rotatable bonds is 5. The molecule has 3 aliphatic heterocycles. The highest BCUT2D eigenvalue weighted by Gasteiger charge is 2.32. The summed E-state index contributed by atoms with van der Waals surface area (Å²) in [5.41, 5.74) is 6.00. The molecule has 0 radical (unpaired) electrons. The topological polar surface area (TPSA) is 59.8 Å². The molecule has 0 spiro atoms. The number of amides is 1. The maximum atomic E-state index is 13.6. The summed E-state index contributed by atoms with van der Waals surface area (Å²) < 4.78 is 13.0. The second kappa shape index (κ2) is 9.78. The molecule has 3 aromatic rings. The molecule has 0 N–H and O–H groups in total. The number of aromatic nitrogens is 2. The SMILES string of the molecule is COC1CCN(Cc2cccc(-n3nc(C(=O)N4CCOCC4)c4c3-c3ccccc3SC4)c2)C1. The molecule has 35 heavy (non-hydrogen) atoms. The number of fused-ring (bicyclic) bond motifs is 3. The first-order valence-electron chi connectivity index (χ1n) is 12.3. The molecule has 1 unspecified atom stereocenters. The molecule has 0 aliphatic carbocycles. The van der Waals surface area contributed by atoms with E-state index in [1.54, 1.807) is 18.9 Å². The number of ether oxygens (including phenoxy) is 2. The van der Waals surface area contributed by atoms with E-state index in [9.17, 15) is 4.79 Å². The molecule has 8 heteroatoms. The first-order chi connectivity index (χ1) is 17.2. The lowest BCUT2D eigenvalue weighted by Gasteiger charge is -2.26. The smallest absolute Gasteiger partial charge is 0.274 e. The van der Waals surface area contributed by atoms with E-state index in [0.29, 0.717) is 38.1 Å². The van der Waals surface area contributed by atoms with Crippen molar-refractivity contribution in [3.63, 3.8) is 0 Å². The molecule has 0 saturated carbocycles. The van der Waals surface area contributed by atoms with Gasteiger partial charge in [0.2, 0.25) is 0 Å². The first kappa shape index (κ1) is 22.8. The molecule has 2 fully saturated rings. The Morgan fingerprint density at radius 3 is 2.83 bits per heavy atom. The number of carbonyl (C=O) groups excluding carboxylic acids is 1. The quantitative estimate of drug-likeness (QED) is 0.542. The third kappa shape index (κ3) is 4.40. The summed E-state index contributed by atoms with van der Waals surface area (Å²) in [6.45, 7) is 5.26. The van der Waals surface area contributed by atoms with Crippen molar-refractivity contribution in [2.45, 2.75) is 29.7 Å².